The smallest absolute Gasteiger partial charge is 0.160 e. The van der Waals surface area contributed by atoms with Crippen molar-refractivity contribution in [1.82, 2.24) is 9.97 Å². The van der Waals surface area contributed by atoms with Crippen LogP contribution < -0.4 is 0 Å². The molecule has 152 valence electrons. The molecule has 0 N–H and O–H groups in total. The molecule has 0 aliphatic heterocycles. The number of hydrogen-bond donors (Lipinski definition) is 0. The van der Waals surface area contributed by atoms with Crippen molar-refractivity contribution in [3.05, 3.63) is 109 Å². The van der Waals surface area contributed by atoms with Gasteiger partial charge in [-0.25, -0.2) is 9.97 Å². The Morgan fingerprint density at radius 2 is 1.19 bits per heavy atom. The van der Waals surface area contributed by atoms with E-state index in [9.17, 15) is 0 Å². The van der Waals surface area contributed by atoms with Crippen LogP contribution in [-0.2, 0) is 0 Å². The van der Waals surface area contributed by atoms with Crippen molar-refractivity contribution in [3.63, 3.8) is 0 Å². The number of benzene rings is 4. The number of hydrogen-bond acceptors (Lipinski definition) is 3. The Labute approximate surface area is 186 Å². The van der Waals surface area contributed by atoms with Gasteiger partial charge >= 0.3 is 0 Å². The summed E-state index contributed by atoms with van der Waals surface area (Å²) in [6.07, 6.45) is 0. The number of fused-ring (bicyclic) bond motifs is 3. The predicted octanol–water partition coefficient (Wildman–Crippen LogP) is 7.69. The molecular weight excluding hydrogens is 392 g/mol. The molecule has 0 spiro atoms. The minimum atomic E-state index is 0.726. The first-order chi connectivity index (χ1) is 15.7. The van der Waals surface area contributed by atoms with Gasteiger partial charge in [0.15, 0.2) is 5.82 Å². The zero-order chi connectivity index (χ0) is 21.5. The fourth-order valence-electron chi connectivity index (χ4n) is 4.17. The van der Waals surface area contributed by atoms with Crippen LogP contribution in [0.3, 0.4) is 0 Å². The van der Waals surface area contributed by atoms with Crippen molar-refractivity contribution in [2.75, 3.05) is 0 Å². The average Bonchev–Trinajstić information content (AvgIpc) is 3.22. The summed E-state index contributed by atoms with van der Waals surface area (Å²) in [6.45, 7) is 2.01. The Balaban J connectivity index is 1.40. The molecule has 0 aliphatic rings. The molecule has 6 rings (SSSR count). The molecule has 0 atom stereocenters. The highest BCUT2D eigenvalue weighted by Gasteiger charge is 2.11. The largest absolute Gasteiger partial charge is 0.456 e. The summed E-state index contributed by atoms with van der Waals surface area (Å²) in [7, 11) is 0. The molecule has 4 aromatic carbocycles. The maximum Gasteiger partial charge on any atom is 0.160 e. The Morgan fingerprint density at radius 1 is 0.531 bits per heavy atom. The van der Waals surface area contributed by atoms with Crippen LogP contribution in [0.15, 0.2) is 108 Å². The van der Waals surface area contributed by atoms with Crippen molar-refractivity contribution in [2.24, 2.45) is 0 Å². The topological polar surface area (TPSA) is 38.9 Å². The monoisotopic (exact) mass is 412 g/mol. The van der Waals surface area contributed by atoms with E-state index in [0.29, 0.717) is 0 Å². The molecule has 0 saturated heterocycles. The summed E-state index contributed by atoms with van der Waals surface area (Å²) in [5, 5.41) is 2.25. The van der Waals surface area contributed by atoms with Gasteiger partial charge in [0.1, 0.15) is 11.2 Å². The SMILES string of the molecule is Cc1cc(-c2ccc3c(c2)oc2ccccc23)nc(-c2ccc(-c3ccccc3)cc2)n1. The second-order valence-corrected chi connectivity index (χ2v) is 7.97. The molecule has 0 fully saturated rings. The molecule has 3 nitrogen and oxygen atoms in total. The summed E-state index contributed by atoms with van der Waals surface area (Å²) in [4.78, 5) is 9.58. The van der Waals surface area contributed by atoms with Gasteiger partial charge < -0.3 is 4.42 Å². The van der Waals surface area contributed by atoms with Crippen molar-refractivity contribution in [3.8, 4) is 33.8 Å². The van der Waals surface area contributed by atoms with Gasteiger partial charge in [-0.3, -0.25) is 0 Å². The van der Waals surface area contributed by atoms with E-state index >= 15 is 0 Å². The van der Waals surface area contributed by atoms with E-state index in [4.69, 9.17) is 14.4 Å². The third kappa shape index (κ3) is 3.25. The summed E-state index contributed by atoms with van der Waals surface area (Å²) in [6, 6.07) is 35.2. The summed E-state index contributed by atoms with van der Waals surface area (Å²) >= 11 is 0. The van der Waals surface area contributed by atoms with Crippen molar-refractivity contribution >= 4 is 21.9 Å². The molecule has 32 heavy (non-hydrogen) atoms. The lowest BCUT2D eigenvalue weighted by Gasteiger charge is -2.08. The van der Waals surface area contributed by atoms with Gasteiger partial charge in [0.2, 0.25) is 0 Å². The predicted molar refractivity (Wildman–Crippen MR) is 130 cm³/mol. The Bertz CT molecular complexity index is 1560. The molecule has 2 aromatic heterocycles. The van der Waals surface area contributed by atoms with Crippen LogP contribution in [-0.4, -0.2) is 9.97 Å². The molecule has 0 aliphatic carbocycles. The van der Waals surface area contributed by atoms with Gasteiger partial charge in [-0.15, -0.1) is 0 Å². The molecule has 3 heteroatoms. The number of furan rings is 1. The Morgan fingerprint density at radius 3 is 2.03 bits per heavy atom. The van der Waals surface area contributed by atoms with Crippen LogP contribution in [0.2, 0.25) is 0 Å². The van der Waals surface area contributed by atoms with Gasteiger partial charge in [0, 0.05) is 27.6 Å². The molecule has 0 bridgehead atoms. The van der Waals surface area contributed by atoms with Gasteiger partial charge in [-0.05, 0) is 42.3 Å². The van der Waals surface area contributed by atoms with E-state index in [1.54, 1.807) is 0 Å². The maximum absolute atomic E-state index is 6.07. The Hall–Kier alpha value is -4.24. The summed E-state index contributed by atoms with van der Waals surface area (Å²) < 4.78 is 6.07. The van der Waals surface area contributed by atoms with Gasteiger partial charge in [0.05, 0.1) is 5.69 Å². The molecule has 0 amide bonds. The minimum Gasteiger partial charge on any atom is -0.456 e. The zero-order valence-corrected chi connectivity index (χ0v) is 17.6. The van der Waals surface area contributed by atoms with Crippen molar-refractivity contribution in [2.45, 2.75) is 6.92 Å². The first-order valence-corrected chi connectivity index (χ1v) is 10.7. The van der Waals surface area contributed by atoms with Crippen LogP contribution in [0.25, 0.3) is 55.7 Å². The normalized spacial score (nSPS) is 11.3. The van der Waals surface area contributed by atoms with Crippen LogP contribution in [0.1, 0.15) is 5.69 Å². The lowest BCUT2D eigenvalue weighted by molar-refractivity contribution is 0.669. The number of aryl methyl sites for hydroxylation is 1. The number of rotatable bonds is 3. The first kappa shape index (κ1) is 18.5. The highest BCUT2D eigenvalue weighted by molar-refractivity contribution is 6.05. The van der Waals surface area contributed by atoms with Gasteiger partial charge in [-0.1, -0.05) is 78.9 Å². The maximum atomic E-state index is 6.07. The Kier molecular flexibility index (Phi) is 4.32. The number of nitrogens with zero attached hydrogens (tertiary/aromatic N) is 2. The van der Waals surface area contributed by atoms with E-state index < -0.39 is 0 Å². The molecule has 0 saturated carbocycles. The van der Waals surface area contributed by atoms with Crippen LogP contribution in [0, 0.1) is 6.92 Å². The van der Waals surface area contributed by atoms with Crippen LogP contribution in [0.4, 0.5) is 0 Å². The van der Waals surface area contributed by atoms with E-state index in [2.05, 4.69) is 72.8 Å². The van der Waals surface area contributed by atoms with Gasteiger partial charge in [0.25, 0.3) is 0 Å². The van der Waals surface area contributed by atoms with Gasteiger partial charge in [-0.2, -0.15) is 0 Å². The fraction of sp³-hybridized carbons (Fsp3) is 0.0345. The lowest BCUT2D eigenvalue weighted by Crippen LogP contribution is -1.95. The lowest BCUT2D eigenvalue weighted by atomic mass is 10.0. The summed E-state index contributed by atoms with van der Waals surface area (Å²) in [5.74, 6) is 0.726. The van der Waals surface area contributed by atoms with Crippen LogP contribution >= 0.6 is 0 Å². The highest BCUT2D eigenvalue weighted by Crippen LogP contribution is 2.32. The third-order valence-corrected chi connectivity index (χ3v) is 5.78. The zero-order valence-electron chi connectivity index (χ0n) is 17.6. The fourth-order valence-corrected chi connectivity index (χ4v) is 4.17. The van der Waals surface area contributed by atoms with E-state index in [1.165, 1.54) is 11.1 Å². The number of para-hydroxylation sites is 1. The van der Waals surface area contributed by atoms with Crippen molar-refractivity contribution in [1.29, 1.82) is 0 Å². The average molecular weight is 412 g/mol. The highest BCUT2D eigenvalue weighted by atomic mass is 16.3. The third-order valence-electron chi connectivity index (χ3n) is 5.78. The molecule has 0 radical (unpaired) electrons. The summed E-state index contributed by atoms with van der Waals surface area (Å²) in [5.41, 5.74) is 7.99. The van der Waals surface area contributed by atoms with E-state index in [1.807, 2.05) is 37.3 Å². The molecule has 6 aromatic rings. The number of aromatic nitrogens is 2. The first-order valence-electron chi connectivity index (χ1n) is 10.7. The second kappa shape index (κ2) is 7.47. The second-order valence-electron chi connectivity index (χ2n) is 7.97. The standard InChI is InChI=1S/C29H20N2O/c1-19-17-26(23-15-16-25-24-9-5-6-10-27(24)32-28(25)18-23)31-29(30-19)22-13-11-21(12-14-22)20-7-3-2-4-8-20/h2-18H,1H3. The van der Waals surface area contributed by atoms with E-state index in [-0.39, 0.29) is 0 Å². The van der Waals surface area contributed by atoms with Crippen LogP contribution in [0.5, 0.6) is 0 Å². The quantitative estimate of drug-likeness (QED) is 0.299. The van der Waals surface area contributed by atoms with E-state index in [0.717, 1.165) is 50.3 Å². The molecule has 0 unspecified atom stereocenters. The van der Waals surface area contributed by atoms with Crippen molar-refractivity contribution < 1.29 is 4.42 Å². The molecule has 2 heterocycles. The minimum absolute atomic E-state index is 0.726. The molecular formula is C29H20N2O.